The van der Waals surface area contributed by atoms with E-state index >= 15 is 0 Å². The number of esters is 1. The van der Waals surface area contributed by atoms with Crippen LogP contribution in [-0.4, -0.2) is 41.8 Å². The van der Waals surface area contributed by atoms with Gasteiger partial charge in [0, 0.05) is 6.42 Å². The van der Waals surface area contributed by atoms with Crippen molar-refractivity contribution in [3.05, 3.63) is 108 Å². The van der Waals surface area contributed by atoms with Crippen LogP contribution >= 0.6 is 0 Å². The number of ether oxygens (including phenoxy) is 2. The molecular weight excluding hydrogens is 448 g/mol. The van der Waals surface area contributed by atoms with Gasteiger partial charge < -0.3 is 25.2 Å². The Balaban J connectivity index is 1.60. The lowest BCUT2D eigenvalue weighted by Gasteiger charge is -2.21. The summed E-state index contributed by atoms with van der Waals surface area (Å²) in [7, 11) is 0. The Morgan fingerprint density at radius 2 is 1.14 bits per heavy atom. The molecule has 0 fully saturated rings. The Labute approximate surface area is 203 Å². The summed E-state index contributed by atoms with van der Waals surface area (Å²) in [5.41, 5.74) is 2.39. The van der Waals surface area contributed by atoms with Crippen LogP contribution < -0.4 is 10.6 Å². The third-order valence-electron chi connectivity index (χ3n) is 5.11. The Kier molecular flexibility index (Phi) is 9.83. The molecule has 0 aliphatic carbocycles. The van der Waals surface area contributed by atoms with Crippen molar-refractivity contribution in [3.63, 3.8) is 0 Å². The maximum atomic E-state index is 12.8. The predicted molar refractivity (Wildman–Crippen MR) is 129 cm³/mol. The first kappa shape index (κ1) is 25.5. The van der Waals surface area contributed by atoms with Crippen LogP contribution in [0.1, 0.15) is 16.7 Å². The lowest BCUT2D eigenvalue weighted by Crippen LogP contribution is -2.54. The van der Waals surface area contributed by atoms with Crippen LogP contribution in [0.2, 0.25) is 0 Å². The molecule has 0 radical (unpaired) electrons. The molecule has 3 aromatic carbocycles. The van der Waals surface area contributed by atoms with Gasteiger partial charge in [-0.1, -0.05) is 91.0 Å². The van der Waals surface area contributed by atoms with Crippen LogP contribution in [0.3, 0.4) is 0 Å². The van der Waals surface area contributed by atoms with E-state index in [1.807, 2.05) is 78.9 Å². The quantitative estimate of drug-likeness (QED) is 0.367. The summed E-state index contributed by atoms with van der Waals surface area (Å²) >= 11 is 0. The van der Waals surface area contributed by atoms with Crippen molar-refractivity contribution in [2.45, 2.75) is 31.7 Å². The number of nitrogens with one attached hydrogen (secondary N) is 2. The minimum absolute atomic E-state index is 0.00881. The summed E-state index contributed by atoms with van der Waals surface area (Å²) in [6, 6.07) is 25.0. The SMILES string of the molecule is O=C(N[C@H](CO)C(=O)N[C@@H](Cc1ccccc1)C(=O)OCc1ccccc1)OCc1ccccc1. The van der Waals surface area contributed by atoms with Crippen molar-refractivity contribution >= 4 is 18.0 Å². The van der Waals surface area contributed by atoms with Gasteiger partial charge in [0.1, 0.15) is 25.3 Å². The lowest BCUT2D eigenvalue weighted by molar-refractivity contribution is -0.149. The van der Waals surface area contributed by atoms with Crippen LogP contribution in [0.15, 0.2) is 91.0 Å². The lowest BCUT2D eigenvalue weighted by atomic mass is 10.1. The highest BCUT2D eigenvalue weighted by atomic mass is 16.5. The molecule has 0 saturated carbocycles. The van der Waals surface area contributed by atoms with E-state index < -0.39 is 36.7 Å². The zero-order valence-electron chi connectivity index (χ0n) is 19.1. The largest absolute Gasteiger partial charge is 0.459 e. The van der Waals surface area contributed by atoms with E-state index in [0.717, 1.165) is 16.7 Å². The van der Waals surface area contributed by atoms with Gasteiger partial charge in [-0.25, -0.2) is 9.59 Å². The zero-order valence-corrected chi connectivity index (χ0v) is 19.1. The van der Waals surface area contributed by atoms with Gasteiger partial charge in [0.15, 0.2) is 0 Å². The predicted octanol–water partition coefficient (Wildman–Crippen LogP) is 2.74. The van der Waals surface area contributed by atoms with E-state index in [-0.39, 0.29) is 19.6 Å². The van der Waals surface area contributed by atoms with Crippen molar-refractivity contribution in [1.29, 1.82) is 0 Å². The van der Waals surface area contributed by atoms with Gasteiger partial charge in [0.2, 0.25) is 5.91 Å². The standard InChI is InChI=1S/C27H28N2O6/c30-17-24(29-27(33)35-19-22-14-8-3-9-15-22)25(31)28-23(16-20-10-4-1-5-11-20)26(32)34-18-21-12-6-2-7-13-21/h1-15,23-24,30H,16-19H2,(H,28,31)(H,29,33)/t23-,24+/m0/s1. The Bertz CT molecular complexity index is 1080. The van der Waals surface area contributed by atoms with Crippen LogP contribution in [0, 0.1) is 0 Å². The molecule has 182 valence electrons. The number of amides is 2. The van der Waals surface area contributed by atoms with E-state index in [1.165, 1.54) is 0 Å². The number of carbonyl (C=O) groups is 3. The topological polar surface area (TPSA) is 114 Å². The van der Waals surface area contributed by atoms with E-state index in [1.54, 1.807) is 12.1 Å². The molecule has 8 heteroatoms. The minimum atomic E-state index is -1.31. The second kappa shape index (κ2) is 13.5. The van der Waals surface area contributed by atoms with Crippen molar-refractivity contribution in [1.82, 2.24) is 10.6 Å². The molecule has 0 spiro atoms. The highest BCUT2D eigenvalue weighted by molar-refractivity contribution is 5.89. The van der Waals surface area contributed by atoms with Crippen molar-refractivity contribution in [2.24, 2.45) is 0 Å². The fourth-order valence-corrected chi connectivity index (χ4v) is 3.25. The Morgan fingerprint density at radius 3 is 1.66 bits per heavy atom. The van der Waals surface area contributed by atoms with E-state index in [0.29, 0.717) is 0 Å². The number of carbonyl (C=O) groups excluding carboxylic acids is 3. The first-order valence-electron chi connectivity index (χ1n) is 11.2. The molecule has 0 bridgehead atoms. The maximum Gasteiger partial charge on any atom is 0.408 e. The first-order valence-corrected chi connectivity index (χ1v) is 11.2. The molecule has 0 aromatic heterocycles. The van der Waals surface area contributed by atoms with E-state index in [2.05, 4.69) is 10.6 Å². The number of hydrogen-bond donors (Lipinski definition) is 3. The van der Waals surface area contributed by atoms with Gasteiger partial charge in [0.25, 0.3) is 0 Å². The number of hydrogen-bond acceptors (Lipinski definition) is 6. The smallest absolute Gasteiger partial charge is 0.408 e. The molecular formula is C27H28N2O6. The van der Waals surface area contributed by atoms with E-state index in [4.69, 9.17) is 9.47 Å². The molecule has 0 saturated heterocycles. The van der Waals surface area contributed by atoms with Crippen molar-refractivity contribution in [2.75, 3.05) is 6.61 Å². The number of aliphatic hydroxyl groups excluding tert-OH is 1. The van der Waals surface area contributed by atoms with Crippen molar-refractivity contribution < 1.29 is 29.0 Å². The number of rotatable bonds is 11. The average Bonchev–Trinajstić information content (AvgIpc) is 2.90. The van der Waals surface area contributed by atoms with Gasteiger partial charge in [-0.05, 0) is 16.7 Å². The maximum absolute atomic E-state index is 12.8. The Morgan fingerprint density at radius 1 is 0.657 bits per heavy atom. The molecule has 3 N–H and O–H groups in total. The second-order valence-corrected chi connectivity index (χ2v) is 7.79. The van der Waals surface area contributed by atoms with Gasteiger partial charge in [-0.3, -0.25) is 4.79 Å². The molecule has 2 amide bonds. The molecule has 0 aliphatic heterocycles. The fraction of sp³-hybridized carbons (Fsp3) is 0.222. The molecule has 2 atom stereocenters. The molecule has 3 rings (SSSR count). The van der Waals surface area contributed by atoms with Crippen LogP contribution in [0.4, 0.5) is 4.79 Å². The highest BCUT2D eigenvalue weighted by Crippen LogP contribution is 2.08. The normalized spacial score (nSPS) is 12.1. The second-order valence-electron chi connectivity index (χ2n) is 7.79. The minimum Gasteiger partial charge on any atom is -0.459 e. The summed E-state index contributed by atoms with van der Waals surface area (Å²) in [6.07, 6.45) is -0.689. The average molecular weight is 477 g/mol. The van der Waals surface area contributed by atoms with Crippen LogP contribution in [0.25, 0.3) is 0 Å². The summed E-state index contributed by atoms with van der Waals surface area (Å²) < 4.78 is 10.5. The first-order chi connectivity index (χ1) is 17.0. The molecule has 35 heavy (non-hydrogen) atoms. The summed E-state index contributed by atoms with van der Waals surface area (Å²) in [4.78, 5) is 37.8. The highest BCUT2D eigenvalue weighted by Gasteiger charge is 2.28. The van der Waals surface area contributed by atoms with Crippen molar-refractivity contribution in [3.8, 4) is 0 Å². The Hall–Kier alpha value is -4.17. The van der Waals surface area contributed by atoms with Crippen LogP contribution in [-0.2, 0) is 38.7 Å². The zero-order chi connectivity index (χ0) is 24.9. The van der Waals surface area contributed by atoms with E-state index in [9.17, 15) is 19.5 Å². The summed E-state index contributed by atoms with van der Waals surface area (Å²) in [5.74, 6) is -1.36. The summed E-state index contributed by atoms with van der Waals surface area (Å²) in [6.45, 7) is -0.618. The third kappa shape index (κ3) is 8.60. The molecule has 0 unspecified atom stereocenters. The van der Waals surface area contributed by atoms with Gasteiger partial charge >= 0.3 is 12.1 Å². The molecule has 3 aromatic rings. The molecule has 8 nitrogen and oxygen atoms in total. The monoisotopic (exact) mass is 476 g/mol. The summed E-state index contributed by atoms with van der Waals surface area (Å²) in [5, 5.41) is 14.6. The number of alkyl carbamates (subject to hydrolysis) is 1. The molecule has 0 aliphatic rings. The third-order valence-corrected chi connectivity index (χ3v) is 5.11. The number of aliphatic hydroxyl groups is 1. The van der Waals surface area contributed by atoms with Gasteiger partial charge in [-0.2, -0.15) is 0 Å². The number of benzene rings is 3. The fourth-order valence-electron chi connectivity index (χ4n) is 3.25. The van der Waals surface area contributed by atoms with Crippen LogP contribution in [0.5, 0.6) is 0 Å². The molecule has 0 heterocycles. The van der Waals surface area contributed by atoms with Gasteiger partial charge in [-0.15, -0.1) is 0 Å². The van der Waals surface area contributed by atoms with Gasteiger partial charge in [0.05, 0.1) is 6.61 Å².